The molecule has 4 rings (SSSR count). The summed E-state index contributed by atoms with van der Waals surface area (Å²) in [5, 5.41) is 14.6. The first-order chi connectivity index (χ1) is 16.9. The quantitative estimate of drug-likeness (QED) is 0.478. The summed E-state index contributed by atoms with van der Waals surface area (Å²) in [7, 11) is 1.43. The van der Waals surface area contributed by atoms with Gasteiger partial charge >= 0.3 is 12.1 Å². The Kier molecular flexibility index (Phi) is 8.02. The number of aliphatic carboxylic acids is 1. The summed E-state index contributed by atoms with van der Waals surface area (Å²) >= 11 is 0. The summed E-state index contributed by atoms with van der Waals surface area (Å²) in [6, 6.07) is 16.4. The van der Waals surface area contributed by atoms with Crippen molar-refractivity contribution in [3.05, 3.63) is 59.7 Å². The van der Waals surface area contributed by atoms with Crippen LogP contribution in [0, 0.1) is 5.92 Å². The van der Waals surface area contributed by atoms with Crippen molar-refractivity contribution in [2.24, 2.45) is 5.92 Å². The van der Waals surface area contributed by atoms with Gasteiger partial charge in [0.1, 0.15) is 6.61 Å². The van der Waals surface area contributed by atoms with E-state index in [0.29, 0.717) is 12.8 Å². The first kappa shape index (κ1) is 24.7. The molecule has 0 aromatic heterocycles. The fourth-order valence-electron chi connectivity index (χ4n) is 5.19. The van der Waals surface area contributed by atoms with E-state index >= 15 is 0 Å². The molecule has 8 heteroatoms. The fourth-order valence-corrected chi connectivity index (χ4v) is 5.19. The van der Waals surface area contributed by atoms with Gasteiger partial charge in [-0.1, -0.05) is 48.5 Å². The van der Waals surface area contributed by atoms with Crippen LogP contribution in [0.25, 0.3) is 11.1 Å². The molecule has 3 atom stereocenters. The normalized spacial score (nSPS) is 19.5. The first-order valence-electron chi connectivity index (χ1n) is 12.1. The minimum atomic E-state index is -0.968. The Bertz CT molecular complexity index is 1030. The van der Waals surface area contributed by atoms with Gasteiger partial charge in [-0.2, -0.15) is 0 Å². The molecule has 186 valence electrons. The van der Waals surface area contributed by atoms with Crippen LogP contribution in [0.4, 0.5) is 4.79 Å². The summed E-state index contributed by atoms with van der Waals surface area (Å²) in [6.07, 6.45) is 1.53. The molecular weight excluding hydrogens is 448 g/mol. The fraction of sp³-hybridized carbons (Fsp3) is 0.444. The molecular formula is C27H32N2O6. The first-order valence-corrected chi connectivity index (χ1v) is 12.1. The van der Waals surface area contributed by atoms with Crippen LogP contribution in [0.3, 0.4) is 0 Å². The number of nitrogens with one attached hydrogen (secondary N) is 2. The van der Waals surface area contributed by atoms with Gasteiger partial charge in [-0.3, -0.25) is 9.59 Å². The Morgan fingerprint density at radius 2 is 1.69 bits per heavy atom. The summed E-state index contributed by atoms with van der Waals surface area (Å²) < 4.78 is 10.7. The van der Waals surface area contributed by atoms with Crippen molar-refractivity contribution in [3.63, 3.8) is 0 Å². The monoisotopic (exact) mass is 480 g/mol. The zero-order valence-electron chi connectivity index (χ0n) is 19.9. The van der Waals surface area contributed by atoms with E-state index in [0.717, 1.165) is 12.8 Å². The Morgan fingerprint density at radius 3 is 2.31 bits per heavy atom. The van der Waals surface area contributed by atoms with Crippen molar-refractivity contribution in [3.8, 4) is 11.1 Å². The largest absolute Gasteiger partial charge is 0.481 e. The second kappa shape index (κ2) is 11.4. The molecule has 3 N–H and O–H groups in total. The molecule has 0 aliphatic heterocycles. The number of methoxy groups -OCH3 is 1. The van der Waals surface area contributed by atoms with Crippen LogP contribution in [0.2, 0.25) is 0 Å². The number of fused-ring (bicyclic) bond motifs is 3. The highest BCUT2D eigenvalue weighted by atomic mass is 16.5. The van der Waals surface area contributed by atoms with E-state index in [4.69, 9.17) is 14.6 Å². The van der Waals surface area contributed by atoms with Crippen LogP contribution in [0.15, 0.2) is 48.5 Å². The lowest BCUT2D eigenvalue weighted by molar-refractivity contribution is -0.140. The number of carbonyl (C=O) groups excluding carboxylic acids is 2. The van der Waals surface area contributed by atoms with E-state index in [2.05, 4.69) is 34.9 Å². The van der Waals surface area contributed by atoms with E-state index in [9.17, 15) is 14.4 Å². The lowest BCUT2D eigenvalue weighted by Crippen LogP contribution is -2.36. The number of carboxylic acids is 1. The van der Waals surface area contributed by atoms with Gasteiger partial charge in [0.15, 0.2) is 0 Å². The SMILES string of the molecule is COC(CNC(=O)CC1CCC(NC(=O)OCC2c3ccccc3-c3ccccc32)C1)CC(=O)O. The molecule has 1 saturated carbocycles. The molecule has 2 aromatic carbocycles. The molecule has 1 fully saturated rings. The second-order valence-electron chi connectivity index (χ2n) is 9.31. The van der Waals surface area contributed by atoms with Crippen LogP contribution in [-0.2, 0) is 19.1 Å². The highest BCUT2D eigenvalue weighted by molar-refractivity contribution is 5.79. The number of hydrogen-bond acceptors (Lipinski definition) is 5. The topological polar surface area (TPSA) is 114 Å². The maximum absolute atomic E-state index is 12.5. The molecule has 8 nitrogen and oxygen atoms in total. The van der Waals surface area contributed by atoms with E-state index in [-0.39, 0.29) is 43.4 Å². The van der Waals surface area contributed by atoms with Crippen LogP contribution >= 0.6 is 0 Å². The summed E-state index contributed by atoms with van der Waals surface area (Å²) in [4.78, 5) is 35.6. The predicted octanol–water partition coefficient (Wildman–Crippen LogP) is 3.69. The van der Waals surface area contributed by atoms with Crippen molar-refractivity contribution in [1.82, 2.24) is 10.6 Å². The highest BCUT2D eigenvalue weighted by Gasteiger charge is 2.31. The van der Waals surface area contributed by atoms with Gasteiger partial charge in [0.05, 0.1) is 12.5 Å². The molecule has 0 saturated heterocycles. The van der Waals surface area contributed by atoms with Crippen LogP contribution < -0.4 is 10.6 Å². The minimum absolute atomic E-state index is 0.0187. The number of carboxylic acid groups (broad SMARTS) is 1. The standard InChI is InChI=1S/C27H32N2O6/c1-34-19(14-26(31)32)15-28-25(30)13-17-10-11-18(12-17)29-27(33)35-16-24-22-8-4-2-6-20(22)21-7-3-5-9-23(21)24/h2-9,17-19,24H,10-16H2,1H3,(H,28,30)(H,29,33)(H,31,32). The lowest BCUT2D eigenvalue weighted by Gasteiger charge is -2.17. The number of carbonyl (C=O) groups is 3. The molecule has 0 spiro atoms. The molecule has 35 heavy (non-hydrogen) atoms. The Morgan fingerprint density at radius 1 is 1.03 bits per heavy atom. The number of hydrogen-bond donors (Lipinski definition) is 3. The van der Waals surface area contributed by atoms with E-state index in [1.807, 2.05) is 24.3 Å². The molecule has 2 aromatic rings. The molecule has 2 aliphatic rings. The number of ether oxygens (including phenoxy) is 2. The smallest absolute Gasteiger partial charge is 0.407 e. The highest BCUT2D eigenvalue weighted by Crippen LogP contribution is 2.44. The molecule has 3 unspecified atom stereocenters. The van der Waals surface area contributed by atoms with Crippen molar-refractivity contribution >= 4 is 18.0 Å². The van der Waals surface area contributed by atoms with E-state index < -0.39 is 18.2 Å². The maximum atomic E-state index is 12.5. The van der Waals surface area contributed by atoms with Crippen LogP contribution in [-0.4, -0.2) is 55.5 Å². The molecule has 2 aliphatic carbocycles. The average molecular weight is 481 g/mol. The molecule has 0 heterocycles. The zero-order chi connectivity index (χ0) is 24.8. The predicted molar refractivity (Wildman–Crippen MR) is 130 cm³/mol. The van der Waals surface area contributed by atoms with Gasteiger partial charge in [-0.05, 0) is 47.4 Å². The third-order valence-electron chi connectivity index (χ3n) is 6.94. The van der Waals surface area contributed by atoms with Crippen molar-refractivity contribution in [1.29, 1.82) is 0 Å². The van der Waals surface area contributed by atoms with Crippen molar-refractivity contribution in [2.45, 2.75) is 50.2 Å². The summed E-state index contributed by atoms with van der Waals surface area (Å²) in [5.74, 6) is -0.923. The van der Waals surface area contributed by atoms with Gasteiger partial charge in [0.25, 0.3) is 0 Å². The van der Waals surface area contributed by atoms with E-state index in [1.54, 1.807) is 0 Å². The second-order valence-corrected chi connectivity index (χ2v) is 9.31. The van der Waals surface area contributed by atoms with E-state index in [1.165, 1.54) is 29.4 Å². The summed E-state index contributed by atoms with van der Waals surface area (Å²) in [6.45, 7) is 0.436. The molecule has 0 bridgehead atoms. The van der Waals surface area contributed by atoms with Gasteiger partial charge in [0, 0.05) is 32.0 Å². The number of alkyl carbamates (subject to hydrolysis) is 1. The lowest BCUT2D eigenvalue weighted by atomic mass is 9.98. The third-order valence-corrected chi connectivity index (χ3v) is 6.94. The Hall–Kier alpha value is -3.39. The summed E-state index contributed by atoms with van der Waals surface area (Å²) in [5.41, 5.74) is 4.72. The van der Waals surface area contributed by atoms with Crippen molar-refractivity contribution < 1.29 is 29.0 Å². The number of benzene rings is 2. The zero-order valence-corrected chi connectivity index (χ0v) is 19.9. The maximum Gasteiger partial charge on any atom is 0.407 e. The van der Waals surface area contributed by atoms with Gasteiger partial charge in [-0.25, -0.2) is 4.79 Å². The van der Waals surface area contributed by atoms with Crippen LogP contribution in [0.5, 0.6) is 0 Å². The number of rotatable bonds is 10. The van der Waals surface area contributed by atoms with Crippen LogP contribution in [0.1, 0.15) is 49.1 Å². The van der Waals surface area contributed by atoms with Gasteiger partial charge in [0.2, 0.25) is 5.91 Å². The third kappa shape index (κ3) is 6.19. The van der Waals surface area contributed by atoms with Crippen molar-refractivity contribution in [2.75, 3.05) is 20.3 Å². The van der Waals surface area contributed by atoms with Gasteiger partial charge in [-0.15, -0.1) is 0 Å². The molecule has 0 radical (unpaired) electrons. The Balaban J connectivity index is 1.21. The average Bonchev–Trinajstić information content (AvgIpc) is 3.41. The number of amides is 2. The Labute approximate surface area is 205 Å². The molecule has 2 amide bonds. The van der Waals surface area contributed by atoms with Gasteiger partial charge < -0.3 is 25.2 Å². The minimum Gasteiger partial charge on any atom is -0.481 e.